The van der Waals surface area contributed by atoms with Gasteiger partial charge in [-0.3, -0.25) is 14.9 Å². The fraction of sp³-hybridized carbons (Fsp3) is 0.400. The van der Waals surface area contributed by atoms with E-state index < -0.39 is 16.4 Å². The van der Waals surface area contributed by atoms with Crippen molar-refractivity contribution >= 4 is 33.9 Å². The SMILES string of the molecule is [2H]C1(Cc2ccc(OCc3nc4ccc(Oc5ccc(C67CC8CC(CC(C8)C6)C7)cc5)cc4n3C)cc2)SC(=O)NC1=O. The van der Waals surface area contributed by atoms with Gasteiger partial charge in [0.1, 0.15) is 29.7 Å². The summed E-state index contributed by atoms with van der Waals surface area (Å²) in [5.74, 6) is 5.28. The first-order chi connectivity index (χ1) is 21.2. The lowest BCUT2D eigenvalue weighted by atomic mass is 9.48. The number of carbonyl (C=O) groups excluding carboxylic acids is 2. The Morgan fingerprint density at radius 1 is 0.930 bits per heavy atom. The normalized spacial score (nSPS) is 29.6. The number of aryl methyl sites for hydroxylation is 1. The summed E-state index contributed by atoms with van der Waals surface area (Å²) < 4.78 is 22.6. The fourth-order valence-corrected chi connectivity index (χ4v) is 9.14. The van der Waals surface area contributed by atoms with Crippen LogP contribution in [-0.4, -0.2) is 25.9 Å². The van der Waals surface area contributed by atoms with Gasteiger partial charge >= 0.3 is 0 Å². The van der Waals surface area contributed by atoms with Gasteiger partial charge in [0.05, 0.1) is 17.6 Å². The number of imidazole rings is 1. The van der Waals surface area contributed by atoms with E-state index in [9.17, 15) is 9.59 Å². The Morgan fingerprint density at radius 3 is 2.23 bits per heavy atom. The van der Waals surface area contributed by atoms with Gasteiger partial charge in [-0.1, -0.05) is 36.0 Å². The number of carbonyl (C=O) groups is 2. The Labute approximate surface area is 256 Å². The molecule has 1 saturated heterocycles. The number of fused-ring (bicyclic) bond motifs is 1. The maximum atomic E-state index is 12.0. The van der Waals surface area contributed by atoms with E-state index in [0.29, 0.717) is 22.9 Å². The Morgan fingerprint density at radius 2 is 1.58 bits per heavy atom. The van der Waals surface area contributed by atoms with Crippen molar-refractivity contribution in [2.45, 2.75) is 62.2 Å². The molecule has 7 nitrogen and oxygen atoms in total. The molecular weight excluding hydrogens is 558 g/mol. The van der Waals surface area contributed by atoms with Gasteiger partial charge in [0.2, 0.25) is 5.91 Å². The maximum absolute atomic E-state index is 12.0. The van der Waals surface area contributed by atoms with Crippen molar-refractivity contribution in [1.29, 1.82) is 0 Å². The smallest absolute Gasteiger partial charge is 0.286 e. The molecule has 1 aromatic heterocycles. The van der Waals surface area contributed by atoms with Gasteiger partial charge in [-0.05, 0) is 116 Å². The zero-order valence-electron chi connectivity index (χ0n) is 25.2. The fourth-order valence-electron chi connectivity index (χ4n) is 8.39. The lowest BCUT2D eigenvalue weighted by molar-refractivity contribution is -0.118. The van der Waals surface area contributed by atoms with Crippen LogP contribution >= 0.6 is 11.8 Å². The van der Waals surface area contributed by atoms with Crippen molar-refractivity contribution in [2.75, 3.05) is 0 Å². The first-order valence-corrected chi connectivity index (χ1v) is 16.1. The lowest BCUT2D eigenvalue weighted by Gasteiger charge is -2.57. The first-order valence-electron chi connectivity index (χ1n) is 15.7. The highest BCUT2D eigenvalue weighted by Crippen LogP contribution is 2.60. The zero-order valence-corrected chi connectivity index (χ0v) is 25.0. The Bertz CT molecular complexity index is 1730. The molecule has 5 aliphatic rings. The van der Waals surface area contributed by atoms with E-state index in [1.165, 1.54) is 44.1 Å². The van der Waals surface area contributed by atoms with E-state index >= 15 is 0 Å². The number of aromatic nitrogens is 2. The predicted molar refractivity (Wildman–Crippen MR) is 166 cm³/mol. The van der Waals surface area contributed by atoms with Crippen LogP contribution in [-0.2, 0) is 30.3 Å². The number of hydrogen-bond donors (Lipinski definition) is 1. The molecule has 1 unspecified atom stereocenters. The summed E-state index contributed by atoms with van der Waals surface area (Å²) in [4.78, 5) is 28.3. The van der Waals surface area contributed by atoms with Gasteiger partial charge in [0, 0.05) is 13.1 Å². The summed E-state index contributed by atoms with van der Waals surface area (Å²) in [6, 6.07) is 22.1. The molecule has 1 N–H and O–H groups in total. The van der Waals surface area contributed by atoms with Crippen molar-refractivity contribution in [3.63, 3.8) is 0 Å². The molecule has 0 radical (unpaired) electrons. The maximum Gasteiger partial charge on any atom is 0.286 e. The molecule has 4 saturated carbocycles. The molecular formula is C35H35N3O4S. The number of rotatable bonds is 8. The van der Waals surface area contributed by atoms with E-state index in [0.717, 1.165) is 51.7 Å². The first kappa shape index (κ1) is 25.7. The van der Waals surface area contributed by atoms with E-state index in [1.54, 1.807) is 12.1 Å². The van der Waals surface area contributed by atoms with Crippen molar-refractivity contribution in [3.8, 4) is 17.2 Å². The van der Waals surface area contributed by atoms with E-state index in [2.05, 4.69) is 29.6 Å². The average Bonchev–Trinajstić information content (AvgIpc) is 3.44. The molecule has 2 amide bonds. The third-order valence-corrected chi connectivity index (χ3v) is 10.9. The van der Waals surface area contributed by atoms with Crippen LogP contribution in [0.1, 0.15) is 56.8 Å². The van der Waals surface area contributed by atoms with Crippen LogP contribution in [0.4, 0.5) is 4.79 Å². The Balaban J connectivity index is 0.918. The minimum absolute atomic E-state index is 0.136. The predicted octanol–water partition coefficient (Wildman–Crippen LogP) is 7.31. The number of nitrogens with one attached hydrogen (secondary N) is 1. The highest BCUT2D eigenvalue weighted by molar-refractivity contribution is 8.15. The molecule has 4 aliphatic carbocycles. The number of hydrogen-bond acceptors (Lipinski definition) is 6. The van der Waals surface area contributed by atoms with Crippen molar-refractivity contribution in [1.82, 2.24) is 14.9 Å². The Hall–Kier alpha value is -3.78. The molecule has 4 bridgehead atoms. The summed E-state index contributed by atoms with van der Waals surface area (Å²) in [6.07, 6.45) is 8.60. The molecule has 1 aliphatic heterocycles. The molecule has 1 atom stereocenters. The summed E-state index contributed by atoms with van der Waals surface area (Å²) in [6.45, 7) is 0.279. The van der Waals surface area contributed by atoms with E-state index in [4.69, 9.17) is 15.8 Å². The third kappa shape index (κ3) is 5.09. The number of thioether (sulfide) groups is 1. The quantitative estimate of drug-likeness (QED) is 0.230. The lowest BCUT2D eigenvalue weighted by Crippen LogP contribution is -2.48. The zero-order chi connectivity index (χ0) is 30.1. The largest absolute Gasteiger partial charge is 0.486 e. The number of nitrogens with zero attached hydrogens (tertiary/aromatic N) is 2. The van der Waals surface area contributed by atoms with Gasteiger partial charge < -0.3 is 14.0 Å². The van der Waals surface area contributed by atoms with Gasteiger partial charge in [0.15, 0.2) is 0 Å². The van der Waals surface area contributed by atoms with Crippen molar-refractivity contribution in [2.24, 2.45) is 24.8 Å². The minimum Gasteiger partial charge on any atom is -0.486 e. The van der Waals surface area contributed by atoms with E-state index in [-0.39, 0.29) is 13.0 Å². The van der Waals surface area contributed by atoms with Gasteiger partial charge in [-0.15, -0.1) is 0 Å². The van der Waals surface area contributed by atoms with Crippen LogP contribution in [0.25, 0.3) is 11.0 Å². The van der Waals surface area contributed by atoms with Gasteiger partial charge in [-0.25, -0.2) is 4.98 Å². The molecule has 9 rings (SSSR count). The number of amides is 2. The number of ether oxygens (including phenoxy) is 2. The molecule has 0 spiro atoms. The summed E-state index contributed by atoms with van der Waals surface area (Å²) in [5, 5.41) is 0.172. The number of benzene rings is 3. The van der Waals surface area contributed by atoms with Crippen molar-refractivity contribution < 1.29 is 20.4 Å². The highest BCUT2D eigenvalue weighted by atomic mass is 32.2. The second kappa shape index (κ2) is 10.4. The summed E-state index contributed by atoms with van der Waals surface area (Å²) in [7, 11) is 1.97. The molecule has 8 heteroatoms. The number of imide groups is 1. The van der Waals surface area contributed by atoms with Crippen LogP contribution in [0.2, 0.25) is 0 Å². The summed E-state index contributed by atoms with van der Waals surface area (Å²) in [5.41, 5.74) is 4.50. The highest BCUT2D eigenvalue weighted by Gasteiger charge is 2.51. The average molecular weight is 595 g/mol. The van der Waals surface area contributed by atoms with Crippen LogP contribution < -0.4 is 14.8 Å². The van der Waals surface area contributed by atoms with Crippen LogP contribution in [0.5, 0.6) is 17.2 Å². The molecule has 43 heavy (non-hydrogen) atoms. The minimum atomic E-state index is -1.54. The van der Waals surface area contributed by atoms with Gasteiger partial charge in [-0.2, -0.15) is 0 Å². The Kier molecular flexibility index (Phi) is 6.24. The van der Waals surface area contributed by atoms with E-state index in [1.807, 2.05) is 41.9 Å². The van der Waals surface area contributed by atoms with Crippen LogP contribution in [0.3, 0.4) is 0 Å². The molecule has 3 aromatic carbocycles. The molecule has 4 aromatic rings. The van der Waals surface area contributed by atoms with Crippen LogP contribution in [0.15, 0.2) is 66.7 Å². The topological polar surface area (TPSA) is 82.4 Å². The standard InChI is InChI=1S/C35H35N3O4S/c1-38-30-16-28(42-27-8-4-25(5-9-27)35-17-22-12-23(18-35)14-24(13-22)19-35)10-11-29(30)36-32(38)20-41-26-6-2-21(3-7-26)15-31-33(39)37-34(40)43-31/h2-11,16,22-24,31H,12-15,17-20H2,1H3,(H,37,39,40)/i31D. The third-order valence-electron chi connectivity index (χ3n) is 10.0. The molecule has 220 valence electrons. The second-order valence-electron chi connectivity index (χ2n) is 12.9. The van der Waals surface area contributed by atoms with Crippen LogP contribution in [0, 0.1) is 17.8 Å². The second-order valence-corrected chi connectivity index (χ2v) is 14.0. The molecule has 5 fully saturated rings. The monoisotopic (exact) mass is 594 g/mol. The van der Waals surface area contributed by atoms with Crippen molar-refractivity contribution in [3.05, 3.63) is 83.7 Å². The van der Waals surface area contributed by atoms with Gasteiger partial charge in [0.25, 0.3) is 5.24 Å². The summed E-state index contributed by atoms with van der Waals surface area (Å²) >= 11 is 0.713. The molecule has 2 heterocycles.